The van der Waals surface area contributed by atoms with Crippen LogP contribution < -0.4 is 0 Å². The van der Waals surface area contributed by atoms with Crippen LogP contribution in [0.5, 0.6) is 0 Å². The Bertz CT molecular complexity index is 337. The van der Waals surface area contributed by atoms with E-state index >= 15 is 0 Å². The molecule has 0 aromatic rings. The van der Waals surface area contributed by atoms with Crippen LogP contribution in [0.1, 0.15) is 122 Å². The minimum Gasteiger partial charge on any atom is -0.286 e. The molecule has 1 N–H and O–H groups in total. The molecule has 1 saturated carbocycles. The zero-order valence-corrected chi connectivity index (χ0v) is 19.0. The van der Waals surface area contributed by atoms with Crippen LogP contribution in [0, 0.1) is 0 Å². The van der Waals surface area contributed by atoms with Crippen molar-refractivity contribution in [2.45, 2.75) is 122 Å². The second kappa shape index (κ2) is 20.6. The van der Waals surface area contributed by atoms with Gasteiger partial charge in [0.2, 0.25) is 0 Å². The highest BCUT2D eigenvalue weighted by molar-refractivity contribution is 7.85. The third-order valence-electron chi connectivity index (χ3n) is 4.76. The van der Waals surface area contributed by atoms with Crippen molar-refractivity contribution in [3.05, 3.63) is 0 Å². The summed E-state index contributed by atoms with van der Waals surface area (Å²) >= 11 is 0. The molecular formula is C20H45O3PS. The third kappa shape index (κ3) is 26.7. The Morgan fingerprint density at radius 3 is 1.12 bits per heavy atom. The topological polar surface area (TPSA) is 54.4 Å². The van der Waals surface area contributed by atoms with Crippen LogP contribution >= 0.6 is 9.90 Å². The van der Waals surface area contributed by atoms with Crippen LogP contribution in [0.15, 0.2) is 0 Å². The number of rotatable bonds is 15. The summed E-state index contributed by atoms with van der Waals surface area (Å²) in [6.07, 6.45) is 23.4. The molecule has 0 saturated heterocycles. The van der Waals surface area contributed by atoms with Gasteiger partial charge in [0.25, 0.3) is 10.1 Å². The maximum absolute atomic E-state index is 10.5. The van der Waals surface area contributed by atoms with Crippen LogP contribution in [-0.4, -0.2) is 18.7 Å². The van der Waals surface area contributed by atoms with E-state index in [0.29, 0.717) is 6.42 Å². The van der Waals surface area contributed by atoms with E-state index in [4.69, 9.17) is 4.55 Å². The molecule has 0 amide bonds. The maximum atomic E-state index is 10.5. The molecule has 3 nitrogen and oxygen atoms in total. The summed E-state index contributed by atoms with van der Waals surface area (Å²) in [5, 5.41) is 0. The lowest BCUT2D eigenvalue weighted by molar-refractivity contribution is 0.478. The zero-order chi connectivity index (χ0) is 17.9. The lowest BCUT2D eigenvalue weighted by Gasteiger charge is -2.05. The molecule has 25 heavy (non-hydrogen) atoms. The molecular weight excluding hydrogens is 351 g/mol. The largest absolute Gasteiger partial charge is 0.286 e. The molecule has 0 spiro atoms. The van der Waals surface area contributed by atoms with Gasteiger partial charge < -0.3 is 0 Å². The van der Waals surface area contributed by atoms with Gasteiger partial charge in [0, 0.05) is 0 Å². The molecule has 0 bridgehead atoms. The van der Waals surface area contributed by atoms with Crippen molar-refractivity contribution in [2.24, 2.45) is 0 Å². The van der Waals surface area contributed by atoms with Crippen LogP contribution in [0.2, 0.25) is 0 Å². The first-order valence-corrected chi connectivity index (χ1v) is 12.1. The van der Waals surface area contributed by atoms with E-state index in [9.17, 15) is 8.42 Å². The summed E-state index contributed by atoms with van der Waals surface area (Å²) in [6, 6.07) is 0. The summed E-state index contributed by atoms with van der Waals surface area (Å²) in [5.41, 5.74) is 0. The van der Waals surface area contributed by atoms with Crippen molar-refractivity contribution < 1.29 is 13.0 Å². The fraction of sp³-hybridized carbons (Fsp3) is 1.00. The van der Waals surface area contributed by atoms with Gasteiger partial charge in [-0.25, -0.2) is 0 Å². The normalized spacial score (nSPS) is 13.4. The first-order valence-electron chi connectivity index (χ1n) is 10.5. The maximum Gasteiger partial charge on any atom is 0.264 e. The van der Waals surface area contributed by atoms with E-state index in [1.807, 2.05) is 0 Å². The van der Waals surface area contributed by atoms with Crippen molar-refractivity contribution in [2.75, 3.05) is 5.75 Å². The Morgan fingerprint density at radius 1 is 0.600 bits per heavy atom. The Morgan fingerprint density at radius 2 is 0.880 bits per heavy atom. The van der Waals surface area contributed by atoms with E-state index in [2.05, 4.69) is 6.92 Å². The van der Waals surface area contributed by atoms with Crippen molar-refractivity contribution in [3.63, 3.8) is 0 Å². The van der Waals surface area contributed by atoms with Crippen LogP contribution in [0.25, 0.3) is 0 Å². The van der Waals surface area contributed by atoms with Gasteiger partial charge in [-0.2, -0.15) is 18.3 Å². The number of hydrogen-bond donors (Lipinski definition) is 1. The molecule has 0 aliphatic heterocycles. The van der Waals surface area contributed by atoms with E-state index in [1.165, 1.54) is 96.3 Å². The van der Waals surface area contributed by atoms with Crippen LogP contribution in [0.4, 0.5) is 0 Å². The fourth-order valence-electron chi connectivity index (χ4n) is 2.73. The summed E-state index contributed by atoms with van der Waals surface area (Å²) in [6.45, 7) is 2.25. The Hall–Kier alpha value is 0.340. The predicted octanol–water partition coefficient (Wildman–Crippen LogP) is 6.97. The summed E-state index contributed by atoms with van der Waals surface area (Å²) in [7, 11) is -3.74. The Balaban J connectivity index is 0. The van der Waals surface area contributed by atoms with E-state index < -0.39 is 10.1 Å². The third-order valence-corrected chi connectivity index (χ3v) is 5.56. The first-order chi connectivity index (χ1) is 11.6. The van der Waals surface area contributed by atoms with Crippen molar-refractivity contribution in [3.8, 4) is 0 Å². The van der Waals surface area contributed by atoms with Gasteiger partial charge in [0.1, 0.15) is 0 Å². The highest BCUT2D eigenvalue weighted by atomic mass is 32.2. The molecule has 0 radical (unpaired) electrons. The molecule has 5 heteroatoms. The second-order valence-electron chi connectivity index (χ2n) is 7.30. The lowest BCUT2D eigenvalue weighted by Crippen LogP contribution is -2.03. The average molecular weight is 397 g/mol. The fourth-order valence-corrected chi connectivity index (χ4v) is 3.30. The Labute approximate surface area is 161 Å². The highest BCUT2D eigenvalue weighted by Gasteiger charge is 2.02. The van der Waals surface area contributed by atoms with Gasteiger partial charge in [0.05, 0.1) is 5.75 Å². The lowest BCUT2D eigenvalue weighted by atomic mass is 10.0. The van der Waals surface area contributed by atoms with Crippen molar-refractivity contribution in [1.29, 1.82) is 0 Å². The first kappa shape index (κ1) is 27.6. The van der Waals surface area contributed by atoms with Crippen molar-refractivity contribution >= 4 is 20.0 Å². The van der Waals surface area contributed by atoms with Gasteiger partial charge in [-0.15, -0.1) is 0 Å². The molecule has 1 fully saturated rings. The van der Waals surface area contributed by atoms with Gasteiger partial charge in [-0.1, -0.05) is 116 Å². The molecule has 1 rings (SSSR count). The monoisotopic (exact) mass is 396 g/mol. The Kier molecular flexibility index (Phi) is 22.8. The van der Waals surface area contributed by atoms with Crippen LogP contribution in [-0.2, 0) is 10.1 Å². The molecule has 0 aromatic heterocycles. The predicted molar refractivity (Wildman–Crippen MR) is 116 cm³/mol. The molecule has 1 aliphatic rings. The summed E-state index contributed by atoms with van der Waals surface area (Å²) < 4.78 is 29.6. The van der Waals surface area contributed by atoms with Crippen molar-refractivity contribution in [1.82, 2.24) is 0 Å². The van der Waals surface area contributed by atoms with E-state index in [0.717, 1.165) is 12.8 Å². The van der Waals surface area contributed by atoms with E-state index in [1.54, 1.807) is 0 Å². The van der Waals surface area contributed by atoms with Gasteiger partial charge >= 0.3 is 0 Å². The number of unbranched alkanes of at least 4 members (excludes halogenated alkanes) is 13. The van der Waals surface area contributed by atoms with Gasteiger partial charge in [0.15, 0.2) is 0 Å². The second-order valence-corrected chi connectivity index (χ2v) is 8.87. The van der Waals surface area contributed by atoms with E-state index in [-0.39, 0.29) is 15.7 Å². The molecule has 154 valence electrons. The molecule has 1 aliphatic carbocycles. The minimum atomic E-state index is -3.74. The van der Waals surface area contributed by atoms with Gasteiger partial charge in [-0.05, 0) is 6.42 Å². The van der Waals surface area contributed by atoms with Crippen LogP contribution in [0.3, 0.4) is 0 Å². The zero-order valence-electron chi connectivity index (χ0n) is 16.8. The quantitative estimate of drug-likeness (QED) is 0.185. The number of hydrogen-bond acceptors (Lipinski definition) is 2. The molecule has 1 atom stereocenters. The van der Waals surface area contributed by atoms with Gasteiger partial charge in [-0.3, -0.25) is 4.55 Å². The molecule has 1 unspecified atom stereocenters. The SMILES string of the molecule is C1CCC1.CCCCCCCCCCCCCCCCS(=O)(=O)O.P. The summed E-state index contributed by atoms with van der Waals surface area (Å²) in [4.78, 5) is 0. The minimum absolute atomic E-state index is 0. The highest BCUT2D eigenvalue weighted by Crippen LogP contribution is 2.15. The summed E-state index contributed by atoms with van der Waals surface area (Å²) in [5.74, 6) is -0.0783. The smallest absolute Gasteiger partial charge is 0.264 e. The average Bonchev–Trinajstić information content (AvgIpc) is 2.45. The molecule has 0 heterocycles. The standard InChI is InChI=1S/C16H34O3S.C4H8.H3P/c1-2-3-4-5-6-7-8-9-10-11-12-13-14-15-16-20(17,18)19;1-2-4-3-1;/h2-16H2,1H3,(H,17,18,19);1-4H2;1H3. The molecule has 0 aromatic carbocycles.